The number of amides is 1. The van der Waals surface area contributed by atoms with Crippen molar-refractivity contribution in [2.75, 3.05) is 49.7 Å². The molecule has 1 amide bonds. The van der Waals surface area contributed by atoms with E-state index in [1.54, 1.807) is 42.1 Å². The number of anilines is 2. The number of methoxy groups -OCH3 is 1. The van der Waals surface area contributed by atoms with E-state index in [4.69, 9.17) is 14.2 Å². The molecule has 3 heterocycles. The molecular weight excluding hydrogens is 584 g/mol. The Morgan fingerprint density at radius 2 is 1.82 bits per heavy atom. The Balaban J connectivity index is 1.45. The van der Waals surface area contributed by atoms with Gasteiger partial charge in [-0.05, 0) is 35.2 Å². The summed E-state index contributed by atoms with van der Waals surface area (Å²) < 4.78 is 45.7. The first-order chi connectivity index (χ1) is 20.8. The van der Waals surface area contributed by atoms with Gasteiger partial charge >= 0.3 is 0 Å². The third kappa shape index (κ3) is 7.12. The molecule has 44 heavy (non-hydrogen) atoms. The van der Waals surface area contributed by atoms with Crippen molar-refractivity contribution in [3.05, 3.63) is 65.7 Å². The summed E-state index contributed by atoms with van der Waals surface area (Å²) >= 11 is 0. The molecule has 4 aromatic rings. The second-order valence-corrected chi connectivity index (χ2v) is 13.5. The fraction of sp³-hybridized carbons (Fsp3) is 0.387. The van der Waals surface area contributed by atoms with Crippen molar-refractivity contribution >= 4 is 38.2 Å². The van der Waals surface area contributed by atoms with Gasteiger partial charge < -0.3 is 24.1 Å². The maximum atomic E-state index is 13.7. The molecule has 0 spiro atoms. The van der Waals surface area contributed by atoms with Gasteiger partial charge in [0.25, 0.3) is 5.91 Å². The second kappa shape index (κ2) is 12.4. The number of sulfonamides is 1. The number of carbonyl (C=O) groups excluding carboxylic acids is 1. The first-order valence-corrected chi connectivity index (χ1v) is 16.1. The maximum absolute atomic E-state index is 13.7. The van der Waals surface area contributed by atoms with E-state index in [2.05, 4.69) is 24.9 Å². The molecule has 0 radical (unpaired) electrons. The third-order valence-electron chi connectivity index (χ3n) is 7.32. The summed E-state index contributed by atoms with van der Waals surface area (Å²) in [6.07, 6.45) is 2.74. The predicted molar refractivity (Wildman–Crippen MR) is 169 cm³/mol. The monoisotopic (exact) mass is 622 g/mol. The standard InChI is InChI=1S/C31H38N6O6S/c1-31(2,3)21-17-22(29(41-5)23(18-21)35-44(6,39)40)33-30(38)24-16-20-8-7-9-25(28(20)36(24)4)43-27-10-11-32-26(34-27)19-37-12-14-42-15-13-37/h7-11,16-18,35H,12-15,19H2,1-6H3,(H,33,38). The average Bonchev–Trinajstić information content (AvgIpc) is 3.29. The van der Waals surface area contributed by atoms with Crippen LogP contribution in [0.5, 0.6) is 17.4 Å². The summed E-state index contributed by atoms with van der Waals surface area (Å²) in [5.41, 5.74) is 2.13. The highest BCUT2D eigenvalue weighted by Crippen LogP contribution is 2.40. The van der Waals surface area contributed by atoms with Gasteiger partial charge in [-0.1, -0.05) is 32.9 Å². The van der Waals surface area contributed by atoms with Gasteiger partial charge in [0.15, 0.2) is 11.5 Å². The van der Waals surface area contributed by atoms with Gasteiger partial charge in [0.2, 0.25) is 15.9 Å². The van der Waals surface area contributed by atoms with Crippen molar-refractivity contribution in [1.29, 1.82) is 0 Å². The highest BCUT2D eigenvalue weighted by Gasteiger charge is 2.24. The zero-order valence-electron chi connectivity index (χ0n) is 25.8. The summed E-state index contributed by atoms with van der Waals surface area (Å²) in [4.78, 5) is 25.0. The van der Waals surface area contributed by atoms with Crippen LogP contribution in [0, 0.1) is 0 Å². The average molecular weight is 623 g/mol. The molecule has 2 aromatic heterocycles. The van der Waals surface area contributed by atoms with E-state index in [9.17, 15) is 13.2 Å². The van der Waals surface area contributed by atoms with Crippen LogP contribution in [0.3, 0.4) is 0 Å². The number of carbonyl (C=O) groups is 1. The van der Waals surface area contributed by atoms with Crippen LogP contribution in [-0.4, -0.2) is 73.4 Å². The van der Waals surface area contributed by atoms with E-state index in [0.717, 1.165) is 30.3 Å². The normalized spacial score (nSPS) is 14.4. The minimum Gasteiger partial charge on any atom is -0.492 e. The predicted octanol–water partition coefficient (Wildman–Crippen LogP) is 4.52. The Hall–Kier alpha value is -4.20. The highest BCUT2D eigenvalue weighted by molar-refractivity contribution is 7.92. The molecule has 13 heteroatoms. The lowest BCUT2D eigenvalue weighted by molar-refractivity contribution is 0.0330. The topological polar surface area (TPSA) is 137 Å². The van der Waals surface area contributed by atoms with Crippen LogP contribution in [0.4, 0.5) is 11.4 Å². The fourth-order valence-electron chi connectivity index (χ4n) is 5.10. The molecule has 1 saturated heterocycles. The van der Waals surface area contributed by atoms with E-state index in [0.29, 0.717) is 54.1 Å². The molecule has 1 aliphatic rings. The zero-order chi connectivity index (χ0) is 31.6. The summed E-state index contributed by atoms with van der Waals surface area (Å²) in [5, 5.41) is 3.74. The Bertz CT molecular complexity index is 1790. The van der Waals surface area contributed by atoms with Gasteiger partial charge in [-0.2, -0.15) is 4.98 Å². The SMILES string of the molecule is COc1c(NC(=O)c2cc3cccc(Oc4ccnc(CN5CCOCC5)n4)c3n2C)cc(C(C)(C)C)cc1NS(C)(=O)=O. The minimum absolute atomic E-state index is 0.205. The van der Waals surface area contributed by atoms with Crippen molar-refractivity contribution in [2.45, 2.75) is 32.7 Å². The van der Waals surface area contributed by atoms with Crippen LogP contribution in [0.2, 0.25) is 0 Å². The quantitative estimate of drug-likeness (QED) is 0.276. The number of morpholine rings is 1. The fourth-order valence-corrected chi connectivity index (χ4v) is 5.65. The number of fused-ring (bicyclic) bond motifs is 1. The van der Waals surface area contributed by atoms with E-state index < -0.39 is 15.9 Å². The molecule has 5 rings (SSSR count). The summed E-state index contributed by atoms with van der Waals surface area (Å²) in [6.45, 7) is 9.62. The number of ether oxygens (including phenoxy) is 3. The van der Waals surface area contributed by atoms with Gasteiger partial charge in [-0.25, -0.2) is 13.4 Å². The molecule has 0 atom stereocenters. The number of nitrogens with zero attached hydrogens (tertiary/aromatic N) is 4. The van der Waals surface area contributed by atoms with Crippen LogP contribution in [0.25, 0.3) is 10.9 Å². The summed E-state index contributed by atoms with van der Waals surface area (Å²) in [6, 6.07) is 12.6. The van der Waals surface area contributed by atoms with E-state index in [-0.39, 0.29) is 16.9 Å². The Kier molecular flexibility index (Phi) is 8.82. The number of rotatable bonds is 9. The van der Waals surface area contributed by atoms with Gasteiger partial charge in [0.05, 0.1) is 50.0 Å². The van der Waals surface area contributed by atoms with Gasteiger partial charge in [-0.15, -0.1) is 0 Å². The number of hydrogen-bond acceptors (Lipinski definition) is 9. The highest BCUT2D eigenvalue weighted by atomic mass is 32.2. The number of aryl methyl sites for hydroxylation is 1. The number of aromatic nitrogens is 3. The molecular formula is C31H38N6O6S. The van der Waals surface area contributed by atoms with Crippen LogP contribution in [-0.2, 0) is 33.8 Å². The summed E-state index contributed by atoms with van der Waals surface area (Å²) in [7, 11) is -0.401. The van der Waals surface area contributed by atoms with Crippen molar-refractivity contribution in [2.24, 2.45) is 7.05 Å². The van der Waals surface area contributed by atoms with Gasteiger partial charge in [0.1, 0.15) is 11.5 Å². The number of para-hydroxylation sites is 1. The Labute approximate surface area is 257 Å². The summed E-state index contributed by atoms with van der Waals surface area (Å²) in [5.74, 6) is 1.39. The Morgan fingerprint density at radius 1 is 1.09 bits per heavy atom. The molecule has 0 unspecified atom stereocenters. The first kappa shape index (κ1) is 31.2. The third-order valence-corrected chi connectivity index (χ3v) is 7.91. The lowest BCUT2D eigenvalue weighted by Crippen LogP contribution is -2.36. The molecule has 0 aliphatic carbocycles. The van der Waals surface area contributed by atoms with Crippen LogP contribution in [0.1, 0.15) is 42.6 Å². The number of hydrogen-bond donors (Lipinski definition) is 2. The van der Waals surface area contributed by atoms with Crippen LogP contribution < -0.4 is 19.5 Å². The molecule has 2 aromatic carbocycles. The Morgan fingerprint density at radius 3 is 2.50 bits per heavy atom. The van der Waals surface area contributed by atoms with Crippen LogP contribution >= 0.6 is 0 Å². The first-order valence-electron chi connectivity index (χ1n) is 14.2. The van der Waals surface area contributed by atoms with Crippen molar-refractivity contribution in [1.82, 2.24) is 19.4 Å². The lowest BCUT2D eigenvalue weighted by Gasteiger charge is -2.25. The van der Waals surface area contributed by atoms with E-state index in [1.807, 2.05) is 39.0 Å². The van der Waals surface area contributed by atoms with Gasteiger partial charge in [0, 0.05) is 37.8 Å². The number of nitrogens with one attached hydrogen (secondary N) is 2. The molecule has 2 N–H and O–H groups in total. The molecule has 0 saturated carbocycles. The van der Waals surface area contributed by atoms with E-state index >= 15 is 0 Å². The van der Waals surface area contributed by atoms with Crippen LogP contribution in [0.15, 0.2) is 48.7 Å². The molecule has 12 nitrogen and oxygen atoms in total. The molecule has 234 valence electrons. The largest absolute Gasteiger partial charge is 0.492 e. The van der Waals surface area contributed by atoms with Crippen molar-refractivity contribution in [3.8, 4) is 17.4 Å². The molecule has 1 fully saturated rings. The second-order valence-electron chi connectivity index (χ2n) is 11.8. The van der Waals surface area contributed by atoms with Gasteiger partial charge in [-0.3, -0.25) is 14.4 Å². The number of benzene rings is 2. The maximum Gasteiger partial charge on any atom is 0.272 e. The minimum atomic E-state index is -3.61. The zero-order valence-corrected chi connectivity index (χ0v) is 26.6. The smallest absolute Gasteiger partial charge is 0.272 e. The van der Waals surface area contributed by atoms with E-state index in [1.165, 1.54) is 7.11 Å². The molecule has 1 aliphatic heterocycles. The van der Waals surface area contributed by atoms with Crippen molar-refractivity contribution < 1.29 is 27.4 Å². The lowest BCUT2D eigenvalue weighted by atomic mass is 9.86. The van der Waals surface area contributed by atoms with Crippen molar-refractivity contribution in [3.63, 3.8) is 0 Å². The molecule has 0 bridgehead atoms.